The van der Waals surface area contributed by atoms with Crippen LogP contribution < -0.4 is 0 Å². The number of benzene rings is 1. The predicted octanol–water partition coefficient (Wildman–Crippen LogP) is 1.71. The Bertz CT molecular complexity index is 435. The summed E-state index contributed by atoms with van der Waals surface area (Å²) in [6, 6.07) is 4.31. The number of aliphatic hydroxyl groups excluding tert-OH is 1. The van der Waals surface area contributed by atoms with Gasteiger partial charge in [0.15, 0.2) is 0 Å². The molecule has 2 rings (SSSR count). The number of carbonyl (C=O) groups excluding carboxylic acids is 1. The minimum Gasteiger partial charge on any atom is -0.395 e. The fraction of sp³-hybridized carbons (Fsp3) is 0.417. The van der Waals surface area contributed by atoms with Crippen LogP contribution in [0.1, 0.15) is 23.2 Å². The summed E-state index contributed by atoms with van der Waals surface area (Å²) in [7, 11) is 0. The van der Waals surface area contributed by atoms with E-state index in [4.69, 9.17) is 5.11 Å². The van der Waals surface area contributed by atoms with Crippen molar-refractivity contribution in [1.82, 2.24) is 4.90 Å². The highest BCUT2D eigenvalue weighted by Gasteiger charge is 2.33. The van der Waals surface area contributed by atoms with Crippen LogP contribution in [0.3, 0.4) is 0 Å². The van der Waals surface area contributed by atoms with Crippen LogP contribution in [-0.2, 0) is 0 Å². The molecule has 0 spiro atoms. The summed E-state index contributed by atoms with van der Waals surface area (Å²) in [4.78, 5) is 14.2. The number of aliphatic hydroxyl groups is 1. The minimum atomic E-state index is -0.545. The quantitative estimate of drug-likeness (QED) is 0.804. The molecule has 0 saturated heterocycles. The fourth-order valence-corrected chi connectivity index (χ4v) is 1.98. The monoisotopic (exact) mass is 255 g/mol. The predicted molar refractivity (Wildman–Crippen MR) is 64.8 cm³/mol. The van der Waals surface area contributed by atoms with Crippen LogP contribution in [0.15, 0.2) is 23.1 Å². The average molecular weight is 255 g/mol. The largest absolute Gasteiger partial charge is 0.395 e. The minimum absolute atomic E-state index is 0.0258. The van der Waals surface area contributed by atoms with E-state index in [9.17, 15) is 9.18 Å². The molecule has 1 saturated carbocycles. The second-order valence-corrected chi connectivity index (χ2v) is 4.63. The van der Waals surface area contributed by atoms with Crippen LogP contribution in [0.2, 0.25) is 0 Å². The van der Waals surface area contributed by atoms with Gasteiger partial charge in [0.05, 0.1) is 12.2 Å². The zero-order valence-corrected chi connectivity index (χ0v) is 10.2. The molecule has 17 heavy (non-hydrogen) atoms. The van der Waals surface area contributed by atoms with Crippen molar-refractivity contribution in [3.63, 3.8) is 0 Å². The molecular formula is C12H14FNO2S. The standard InChI is InChI=1S/C12H14FNO2S/c13-11-4-3-9(17)7-10(11)12(16)14(5-6-15)8-1-2-8/h3-4,7-8,15,17H,1-2,5-6H2. The fourth-order valence-electron chi connectivity index (χ4n) is 1.78. The molecule has 1 aliphatic rings. The lowest BCUT2D eigenvalue weighted by Gasteiger charge is -2.21. The molecule has 0 unspecified atom stereocenters. The van der Waals surface area contributed by atoms with Crippen molar-refractivity contribution in [3.8, 4) is 0 Å². The Morgan fingerprint density at radius 1 is 1.53 bits per heavy atom. The molecule has 0 atom stereocenters. The van der Waals surface area contributed by atoms with E-state index in [1.54, 1.807) is 0 Å². The van der Waals surface area contributed by atoms with E-state index in [1.807, 2.05) is 0 Å². The van der Waals surface area contributed by atoms with E-state index < -0.39 is 5.82 Å². The Balaban J connectivity index is 2.24. The van der Waals surface area contributed by atoms with Crippen molar-refractivity contribution in [2.45, 2.75) is 23.8 Å². The normalized spacial score (nSPS) is 14.8. The third-order valence-corrected chi connectivity index (χ3v) is 3.05. The average Bonchev–Trinajstić information content (AvgIpc) is 3.12. The maximum absolute atomic E-state index is 13.6. The van der Waals surface area contributed by atoms with Crippen LogP contribution in [0.25, 0.3) is 0 Å². The number of rotatable bonds is 4. The molecule has 1 N–H and O–H groups in total. The lowest BCUT2D eigenvalue weighted by molar-refractivity contribution is 0.0702. The van der Waals surface area contributed by atoms with Gasteiger partial charge in [-0.05, 0) is 31.0 Å². The van der Waals surface area contributed by atoms with E-state index in [-0.39, 0.29) is 30.7 Å². The summed E-state index contributed by atoms with van der Waals surface area (Å²) >= 11 is 4.10. The topological polar surface area (TPSA) is 40.5 Å². The number of hydrogen-bond acceptors (Lipinski definition) is 3. The van der Waals surface area contributed by atoms with Gasteiger partial charge in [0, 0.05) is 17.5 Å². The molecule has 1 aromatic carbocycles. The summed E-state index contributed by atoms with van der Waals surface area (Å²) in [5.74, 6) is -0.911. The molecular weight excluding hydrogens is 241 g/mol. The molecule has 1 amide bonds. The van der Waals surface area contributed by atoms with Gasteiger partial charge < -0.3 is 10.0 Å². The summed E-state index contributed by atoms with van der Waals surface area (Å²) in [5, 5.41) is 8.93. The first kappa shape index (κ1) is 12.4. The molecule has 3 nitrogen and oxygen atoms in total. The maximum atomic E-state index is 13.6. The number of nitrogens with zero attached hydrogens (tertiary/aromatic N) is 1. The molecule has 0 radical (unpaired) electrons. The Hall–Kier alpha value is -1.07. The maximum Gasteiger partial charge on any atom is 0.257 e. The Morgan fingerprint density at radius 3 is 2.82 bits per heavy atom. The smallest absolute Gasteiger partial charge is 0.257 e. The molecule has 1 fully saturated rings. The summed E-state index contributed by atoms with van der Waals surface area (Å²) in [5.41, 5.74) is 0.0258. The number of hydrogen-bond donors (Lipinski definition) is 2. The first-order chi connectivity index (χ1) is 8.13. The Morgan fingerprint density at radius 2 is 2.24 bits per heavy atom. The molecule has 1 aliphatic carbocycles. The van der Waals surface area contributed by atoms with Crippen molar-refractivity contribution in [2.24, 2.45) is 0 Å². The van der Waals surface area contributed by atoms with Crippen LogP contribution in [0, 0.1) is 5.82 Å². The van der Waals surface area contributed by atoms with Crippen LogP contribution in [0.5, 0.6) is 0 Å². The van der Waals surface area contributed by atoms with Gasteiger partial charge in [-0.15, -0.1) is 12.6 Å². The Labute approximate surface area is 105 Å². The lowest BCUT2D eigenvalue weighted by Crippen LogP contribution is -2.36. The molecule has 0 aliphatic heterocycles. The highest BCUT2D eigenvalue weighted by atomic mass is 32.1. The third kappa shape index (κ3) is 2.79. The number of carbonyl (C=O) groups is 1. The van der Waals surface area contributed by atoms with Gasteiger partial charge in [0.1, 0.15) is 5.82 Å². The van der Waals surface area contributed by atoms with Crippen LogP contribution in [0.4, 0.5) is 4.39 Å². The zero-order valence-electron chi connectivity index (χ0n) is 9.27. The summed E-state index contributed by atoms with van der Waals surface area (Å²) in [6.45, 7) is 0.143. The SMILES string of the molecule is O=C(c1cc(S)ccc1F)N(CCO)C1CC1. The van der Waals surface area contributed by atoms with Crippen molar-refractivity contribution in [3.05, 3.63) is 29.6 Å². The number of thiol groups is 1. The number of halogens is 1. The van der Waals surface area contributed by atoms with Crippen molar-refractivity contribution < 1.29 is 14.3 Å². The van der Waals surface area contributed by atoms with Gasteiger partial charge in [0.2, 0.25) is 0 Å². The highest BCUT2D eigenvalue weighted by Crippen LogP contribution is 2.28. The van der Waals surface area contributed by atoms with Crippen molar-refractivity contribution in [2.75, 3.05) is 13.2 Å². The highest BCUT2D eigenvalue weighted by molar-refractivity contribution is 7.80. The van der Waals surface area contributed by atoms with E-state index in [0.717, 1.165) is 12.8 Å². The van der Waals surface area contributed by atoms with Gasteiger partial charge in [0.25, 0.3) is 5.91 Å². The Kier molecular flexibility index (Phi) is 3.69. The van der Waals surface area contributed by atoms with E-state index in [1.165, 1.54) is 23.1 Å². The second-order valence-electron chi connectivity index (χ2n) is 4.12. The molecule has 1 aromatic rings. The zero-order chi connectivity index (χ0) is 12.4. The van der Waals surface area contributed by atoms with E-state index in [0.29, 0.717) is 4.90 Å². The van der Waals surface area contributed by atoms with Gasteiger partial charge in [-0.3, -0.25) is 4.79 Å². The van der Waals surface area contributed by atoms with Gasteiger partial charge in [-0.25, -0.2) is 4.39 Å². The molecule has 0 bridgehead atoms. The van der Waals surface area contributed by atoms with Crippen LogP contribution in [-0.4, -0.2) is 35.1 Å². The second kappa shape index (κ2) is 5.06. The van der Waals surface area contributed by atoms with Crippen molar-refractivity contribution in [1.29, 1.82) is 0 Å². The first-order valence-corrected chi connectivity index (χ1v) is 5.98. The first-order valence-electron chi connectivity index (χ1n) is 5.54. The molecule has 0 heterocycles. The van der Waals surface area contributed by atoms with Gasteiger partial charge in [-0.2, -0.15) is 0 Å². The van der Waals surface area contributed by atoms with Gasteiger partial charge >= 0.3 is 0 Å². The molecule has 92 valence electrons. The van der Waals surface area contributed by atoms with Crippen LogP contribution >= 0.6 is 12.6 Å². The molecule has 5 heteroatoms. The third-order valence-electron chi connectivity index (χ3n) is 2.77. The lowest BCUT2D eigenvalue weighted by atomic mass is 10.2. The van der Waals surface area contributed by atoms with Crippen molar-refractivity contribution >= 4 is 18.5 Å². The van der Waals surface area contributed by atoms with E-state index in [2.05, 4.69) is 12.6 Å². The summed E-state index contributed by atoms with van der Waals surface area (Å²) in [6.07, 6.45) is 1.85. The summed E-state index contributed by atoms with van der Waals surface area (Å²) < 4.78 is 13.6. The number of amides is 1. The molecule has 0 aromatic heterocycles. The van der Waals surface area contributed by atoms with E-state index >= 15 is 0 Å². The van der Waals surface area contributed by atoms with Gasteiger partial charge in [-0.1, -0.05) is 0 Å².